The Morgan fingerprint density at radius 1 is 1.46 bits per heavy atom. The molecule has 0 fully saturated rings. The molecule has 13 heavy (non-hydrogen) atoms. The van der Waals surface area contributed by atoms with Crippen molar-refractivity contribution in [2.24, 2.45) is 4.99 Å². The second kappa shape index (κ2) is 4.60. The summed E-state index contributed by atoms with van der Waals surface area (Å²) in [5.41, 5.74) is 9.38. The highest BCUT2D eigenvalue weighted by Gasteiger charge is 2.02. The van der Waals surface area contributed by atoms with Crippen LogP contribution in [0, 0.1) is 11.5 Å². The van der Waals surface area contributed by atoms with Gasteiger partial charge >= 0.3 is 6.21 Å². The number of nitriles is 1. The van der Waals surface area contributed by atoms with E-state index in [-0.39, 0.29) is 0 Å². The fourth-order valence-electron chi connectivity index (χ4n) is 0.885. The fourth-order valence-corrected chi connectivity index (χ4v) is 0.885. The lowest BCUT2D eigenvalue weighted by molar-refractivity contribution is 0.00664. The summed E-state index contributed by atoms with van der Waals surface area (Å²) in [6, 6.07) is 9.03. The van der Waals surface area contributed by atoms with E-state index in [1.54, 1.807) is 18.3 Å². The van der Waals surface area contributed by atoms with Crippen LogP contribution in [0.15, 0.2) is 35.3 Å². The normalized spacial score (nSPS) is 9.92. The first-order valence-corrected chi connectivity index (χ1v) is 3.58. The van der Waals surface area contributed by atoms with Gasteiger partial charge in [-0.2, -0.15) is 15.0 Å². The van der Waals surface area contributed by atoms with Crippen molar-refractivity contribution in [1.29, 1.82) is 5.26 Å². The van der Waals surface area contributed by atoms with Gasteiger partial charge in [-0.25, -0.2) is 0 Å². The standard InChI is InChI=1S/C9H6N4/c10-7-12-9(6-13-11)8-4-2-1-3-5-8/h1-6H. The zero-order valence-corrected chi connectivity index (χ0v) is 6.75. The van der Waals surface area contributed by atoms with Crippen LogP contribution in [-0.4, -0.2) is 16.7 Å². The Morgan fingerprint density at radius 2 is 2.15 bits per heavy atom. The van der Waals surface area contributed by atoms with Crippen molar-refractivity contribution in [2.75, 3.05) is 0 Å². The van der Waals surface area contributed by atoms with Gasteiger partial charge in [-0.15, -0.1) is 0 Å². The molecule has 0 saturated heterocycles. The lowest BCUT2D eigenvalue weighted by atomic mass is 10.1. The molecule has 0 spiro atoms. The Morgan fingerprint density at radius 3 is 2.69 bits per heavy atom. The average molecular weight is 170 g/mol. The van der Waals surface area contributed by atoms with E-state index in [4.69, 9.17) is 10.8 Å². The molecule has 0 saturated carbocycles. The van der Waals surface area contributed by atoms with Gasteiger partial charge < -0.3 is 5.53 Å². The highest BCUT2D eigenvalue weighted by Crippen LogP contribution is 1.98. The summed E-state index contributed by atoms with van der Waals surface area (Å²) < 4.78 is 0. The third-order valence-electron chi connectivity index (χ3n) is 1.42. The highest BCUT2D eigenvalue weighted by molar-refractivity contribution is 6.36. The largest absolute Gasteiger partial charge is 0.361 e. The predicted molar refractivity (Wildman–Crippen MR) is 48.3 cm³/mol. The van der Waals surface area contributed by atoms with Gasteiger partial charge in [0.05, 0.1) is 0 Å². The molecule has 0 N–H and O–H groups in total. The highest BCUT2D eigenvalue weighted by atomic mass is 14.9. The van der Waals surface area contributed by atoms with Crippen LogP contribution in [0.5, 0.6) is 0 Å². The van der Waals surface area contributed by atoms with E-state index >= 15 is 0 Å². The Kier molecular flexibility index (Phi) is 3.13. The van der Waals surface area contributed by atoms with Crippen molar-refractivity contribution in [3.05, 3.63) is 41.4 Å². The van der Waals surface area contributed by atoms with Crippen molar-refractivity contribution in [3.8, 4) is 6.19 Å². The zero-order valence-electron chi connectivity index (χ0n) is 6.75. The van der Waals surface area contributed by atoms with Gasteiger partial charge in [0, 0.05) is 5.56 Å². The second-order valence-corrected chi connectivity index (χ2v) is 2.21. The van der Waals surface area contributed by atoms with Crippen LogP contribution in [0.4, 0.5) is 0 Å². The third-order valence-corrected chi connectivity index (χ3v) is 1.42. The zero-order chi connectivity index (χ0) is 9.52. The summed E-state index contributed by atoms with van der Waals surface area (Å²) in [6.45, 7) is 0. The smallest absolute Gasteiger partial charge is 0.307 e. The van der Waals surface area contributed by atoms with E-state index < -0.39 is 0 Å². The molecule has 4 heteroatoms. The molecule has 0 amide bonds. The van der Waals surface area contributed by atoms with Crippen LogP contribution in [0.3, 0.4) is 0 Å². The molecule has 0 atom stereocenters. The number of aliphatic imine (C=N–C) groups is 1. The summed E-state index contributed by atoms with van der Waals surface area (Å²) in [7, 11) is 0. The van der Waals surface area contributed by atoms with Crippen molar-refractivity contribution < 1.29 is 4.79 Å². The lowest BCUT2D eigenvalue weighted by Gasteiger charge is -1.91. The molecule has 0 aliphatic carbocycles. The molecule has 0 unspecified atom stereocenters. The van der Waals surface area contributed by atoms with Gasteiger partial charge in [0.2, 0.25) is 6.19 Å². The number of hydrogen-bond acceptors (Lipinski definition) is 2. The van der Waals surface area contributed by atoms with E-state index in [0.717, 1.165) is 11.8 Å². The molecule has 1 aromatic rings. The van der Waals surface area contributed by atoms with Crippen molar-refractivity contribution in [3.63, 3.8) is 0 Å². The number of rotatable bonds is 2. The second-order valence-electron chi connectivity index (χ2n) is 2.21. The topological polar surface area (TPSA) is 72.5 Å². The van der Waals surface area contributed by atoms with Gasteiger partial charge in [0.25, 0.3) is 0 Å². The molecule has 4 nitrogen and oxygen atoms in total. The molecular weight excluding hydrogens is 164 g/mol. The van der Waals surface area contributed by atoms with Gasteiger partial charge in [-0.1, -0.05) is 30.3 Å². The molecule has 0 aromatic heterocycles. The van der Waals surface area contributed by atoms with Crippen LogP contribution in [0.1, 0.15) is 5.56 Å². The maximum absolute atomic E-state index is 8.34. The minimum Gasteiger partial charge on any atom is -0.361 e. The van der Waals surface area contributed by atoms with Gasteiger partial charge in [0.1, 0.15) is 0 Å². The number of benzene rings is 1. The average Bonchev–Trinajstić information content (AvgIpc) is 2.19. The van der Waals surface area contributed by atoms with Gasteiger partial charge in [0.15, 0.2) is 5.71 Å². The summed E-state index contributed by atoms with van der Waals surface area (Å²) in [6.07, 6.45) is 2.76. The molecule has 0 radical (unpaired) electrons. The molecule has 1 rings (SSSR count). The van der Waals surface area contributed by atoms with Crippen molar-refractivity contribution in [1.82, 2.24) is 0 Å². The molecule has 0 bridgehead atoms. The maximum atomic E-state index is 8.34. The van der Waals surface area contributed by atoms with Crippen LogP contribution in [-0.2, 0) is 0 Å². The Hall–Kier alpha value is -2.24. The van der Waals surface area contributed by atoms with E-state index in [1.807, 2.05) is 18.2 Å². The van der Waals surface area contributed by atoms with Crippen LogP contribution in [0.25, 0.3) is 5.53 Å². The summed E-state index contributed by atoms with van der Waals surface area (Å²) in [5, 5.41) is 8.34. The van der Waals surface area contributed by atoms with Crippen molar-refractivity contribution >= 4 is 11.9 Å². The van der Waals surface area contributed by atoms with E-state index in [9.17, 15) is 0 Å². The Balaban J connectivity index is 3.12. The quantitative estimate of drug-likeness (QED) is 0.285. The summed E-state index contributed by atoms with van der Waals surface area (Å²) in [5.74, 6) is 0. The summed E-state index contributed by atoms with van der Waals surface area (Å²) >= 11 is 0. The Labute approximate surface area is 75.4 Å². The van der Waals surface area contributed by atoms with Crippen molar-refractivity contribution in [2.45, 2.75) is 0 Å². The van der Waals surface area contributed by atoms with E-state index in [2.05, 4.69) is 9.78 Å². The minimum absolute atomic E-state index is 0.339. The molecular formula is C9H6N4. The predicted octanol–water partition coefficient (Wildman–Crippen LogP) is 1.26. The molecule has 62 valence electrons. The van der Waals surface area contributed by atoms with E-state index in [0.29, 0.717) is 5.71 Å². The van der Waals surface area contributed by atoms with Gasteiger partial charge in [-0.05, 0) is 0 Å². The molecule has 0 heterocycles. The maximum Gasteiger partial charge on any atom is 0.307 e. The third kappa shape index (κ3) is 2.37. The number of nitrogens with zero attached hydrogens (tertiary/aromatic N) is 4. The first-order valence-electron chi connectivity index (χ1n) is 3.58. The van der Waals surface area contributed by atoms with Crippen LogP contribution >= 0.6 is 0 Å². The van der Waals surface area contributed by atoms with E-state index in [1.165, 1.54) is 0 Å². The first-order chi connectivity index (χ1) is 6.38. The Bertz CT molecular complexity index is 393. The molecule has 1 aromatic carbocycles. The number of hydrogen-bond donors (Lipinski definition) is 0. The van der Waals surface area contributed by atoms with Crippen LogP contribution < -0.4 is 0 Å². The fraction of sp³-hybridized carbons (Fsp3) is 0. The van der Waals surface area contributed by atoms with Gasteiger partial charge in [-0.3, -0.25) is 0 Å². The van der Waals surface area contributed by atoms with Crippen LogP contribution in [0.2, 0.25) is 0 Å². The molecule has 0 aliphatic heterocycles. The monoisotopic (exact) mass is 170 g/mol. The minimum atomic E-state index is 0.339. The first kappa shape index (κ1) is 8.85. The summed E-state index contributed by atoms with van der Waals surface area (Å²) in [4.78, 5) is 6.32. The lowest BCUT2D eigenvalue weighted by Crippen LogP contribution is -2.01. The SMILES string of the molecule is N#CN=C(C=[N+]=[N-])c1ccccc1. The molecule has 0 aliphatic rings.